The van der Waals surface area contributed by atoms with Crippen molar-refractivity contribution in [3.05, 3.63) is 0 Å². The minimum atomic E-state index is -3.20. The smallest absolute Gasteiger partial charge is 0.216 e. The maximum Gasteiger partial charge on any atom is 0.216 e. The first kappa shape index (κ1) is 15.9. The SMILES string of the molecule is CCOCCS(=O)(=O)N(CCCN)C1CCCC1. The van der Waals surface area contributed by atoms with Crippen LogP contribution in [-0.4, -0.2) is 50.8 Å². The summed E-state index contributed by atoms with van der Waals surface area (Å²) in [6, 6.07) is 0.183. The highest BCUT2D eigenvalue weighted by molar-refractivity contribution is 7.89. The Hall–Kier alpha value is -0.170. The summed E-state index contributed by atoms with van der Waals surface area (Å²) in [7, 11) is -3.20. The Kier molecular flexibility index (Phi) is 7.14. The minimum absolute atomic E-state index is 0.0852. The summed E-state index contributed by atoms with van der Waals surface area (Å²) in [5.41, 5.74) is 5.49. The zero-order valence-electron chi connectivity index (χ0n) is 11.3. The number of rotatable bonds is 9. The van der Waals surface area contributed by atoms with E-state index in [2.05, 4.69) is 0 Å². The first-order chi connectivity index (χ1) is 8.61. The van der Waals surface area contributed by atoms with E-state index in [4.69, 9.17) is 10.5 Å². The van der Waals surface area contributed by atoms with Crippen molar-refractivity contribution >= 4 is 10.0 Å². The highest BCUT2D eigenvalue weighted by atomic mass is 32.2. The first-order valence-corrected chi connectivity index (χ1v) is 8.50. The molecule has 1 aliphatic carbocycles. The highest BCUT2D eigenvalue weighted by Crippen LogP contribution is 2.26. The zero-order valence-corrected chi connectivity index (χ0v) is 12.1. The Morgan fingerprint density at radius 3 is 2.56 bits per heavy atom. The third kappa shape index (κ3) is 4.84. The van der Waals surface area contributed by atoms with Crippen molar-refractivity contribution < 1.29 is 13.2 Å². The van der Waals surface area contributed by atoms with Gasteiger partial charge in [0.2, 0.25) is 10.0 Å². The van der Waals surface area contributed by atoms with Crippen LogP contribution in [-0.2, 0) is 14.8 Å². The van der Waals surface area contributed by atoms with E-state index in [-0.39, 0.29) is 18.4 Å². The fraction of sp³-hybridized carbons (Fsp3) is 1.00. The fourth-order valence-corrected chi connectivity index (χ4v) is 4.05. The van der Waals surface area contributed by atoms with E-state index in [0.717, 1.165) is 32.1 Å². The highest BCUT2D eigenvalue weighted by Gasteiger charge is 2.31. The number of sulfonamides is 1. The van der Waals surface area contributed by atoms with Crippen LogP contribution in [0, 0.1) is 0 Å². The maximum atomic E-state index is 12.3. The molecule has 0 radical (unpaired) electrons. The van der Waals surface area contributed by atoms with Crippen LogP contribution in [0.15, 0.2) is 0 Å². The number of hydrogen-bond acceptors (Lipinski definition) is 4. The zero-order chi connectivity index (χ0) is 13.4. The van der Waals surface area contributed by atoms with Gasteiger partial charge in [-0.1, -0.05) is 12.8 Å². The molecule has 0 spiro atoms. The van der Waals surface area contributed by atoms with Crippen LogP contribution in [0.3, 0.4) is 0 Å². The van der Waals surface area contributed by atoms with E-state index in [1.54, 1.807) is 4.31 Å². The number of ether oxygens (including phenoxy) is 1. The van der Waals surface area contributed by atoms with Crippen LogP contribution in [0.5, 0.6) is 0 Å². The summed E-state index contributed by atoms with van der Waals surface area (Å²) in [4.78, 5) is 0. The molecule has 1 rings (SSSR count). The third-order valence-electron chi connectivity index (χ3n) is 3.36. The average Bonchev–Trinajstić information content (AvgIpc) is 2.83. The molecule has 0 atom stereocenters. The molecule has 18 heavy (non-hydrogen) atoms. The standard InChI is InChI=1S/C12H26N2O3S/c1-2-17-10-11-18(15,16)14(9-5-8-13)12-6-3-4-7-12/h12H,2-11,13H2,1H3. The molecule has 0 bridgehead atoms. The van der Waals surface area contributed by atoms with Crippen LogP contribution < -0.4 is 5.73 Å². The molecule has 0 saturated heterocycles. The van der Waals surface area contributed by atoms with Crippen molar-refractivity contribution in [1.82, 2.24) is 4.31 Å². The average molecular weight is 278 g/mol. The molecule has 1 saturated carbocycles. The topological polar surface area (TPSA) is 72.6 Å². The van der Waals surface area contributed by atoms with Gasteiger partial charge in [-0.3, -0.25) is 0 Å². The van der Waals surface area contributed by atoms with Gasteiger partial charge in [0.25, 0.3) is 0 Å². The molecule has 0 aromatic rings. The van der Waals surface area contributed by atoms with Gasteiger partial charge < -0.3 is 10.5 Å². The Morgan fingerprint density at radius 1 is 1.33 bits per heavy atom. The molecule has 108 valence electrons. The van der Waals surface area contributed by atoms with Gasteiger partial charge in [0, 0.05) is 19.2 Å². The molecule has 2 N–H and O–H groups in total. The van der Waals surface area contributed by atoms with Crippen LogP contribution in [0.2, 0.25) is 0 Å². The largest absolute Gasteiger partial charge is 0.381 e. The summed E-state index contributed by atoms with van der Waals surface area (Å²) < 4.78 is 31.4. The van der Waals surface area contributed by atoms with E-state index in [1.165, 1.54) is 0 Å². The summed E-state index contributed by atoms with van der Waals surface area (Å²) in [6.07, 6.45) is 4.96. The minimum Gasteiger partial charge on any atom is -0.381 e. The van der Waals surface area contributed by atoms with E-state index in [1.807, 2.05) is 6.92 Å². The van der Waals surface area contributed by atoms with Gasteiger partial charge in [-0.2, -0.15) is 4.31 Å². The molecule has 0 aromatic heterocycles. The Labute approximate surface area is 111 Å². The summed E-state index contributed by atoms with van der Waals surface area (Å²) in [6.45, 7) is 3.79. The normalized spacial score (nSPS) is 17.7. The van der Waals surface area contributed by atoms with Gasteiger partial charge in [-0.25, -0.2) is 8.42 Å². The molecule has 0 unspecified atom stereocenters. The molecule has 1 fully saturated rings. The maximum absolute atomic E-state index is 12.3. The van der Waals surface area contributed by atoms with Gasteiger partial charge >= 0.3 is 0 Å². The van der Waals surface area contributed by atoms with E-state index < -0.39 is 10.0 Å². The molecule has 6 heteroatoms. The van der Waals surface area contributed by atoms with Crippen LogP contribution in [0.25, 0.3) is 0 Å². The van der Waals surface area contributed by atoms with Gasteiger partial charge in [-0.15, -0.1) is 0 Å². The van der Waals surface area contributed by atoms with Crippen LogP contribution in [0.1, 0.15) is 39.0 Å². The Balaban J connectivity index is 2.61. The predicted octanol–water partition coefficient (Wildman–Crippen LogP) is 0.946. The van der Waals surface area contributed by atoms with Crippen molar-refractivity contribution in [2.75, 3.05) is 32.1 Å². The van der Waals surface area contributed by atoms with Crippen molar-refractivity contribution in [1.29, 1.82) is 0 Å². The van der Waals surface area contributed by atoms with Crippen LogP contribution >= 0.6 is 0 Å². The molecular weight excluding hydrogens is 252 g/mol. The summed E-state index contributed by atoms with van der Waals surface area (Å²) in [5.74, 6) is 0.0852. The summed E-state index contributed by atoms with van der Waals surface area (Å²) >= 11 is 0. The fourth-order valence-electron chi connectivity index (χ4n) is 2.41. The lowest BCUT2D eigenvalue weighted by atomic mass is 10.2. The molecule has 0 amide bonds. The first-order valence-electron chi connectivity index (χ1n) is 6.89. The predicted molar refractivity (Wildman–Crippen MR) is 72.9 cm³/mol. The van der Waals surface area contributed by atoms with E-state index in [9.17, 15) is 8.42 Å². The number of nitrogens with zero attached hydrogens (tertiary/aromatic N) is 1. The quantitative estimate of drug-likeness (QED) is 0.637. The lowest BCUT2D eigenvalue weighted by molar-refractivity contribution is 0.162. The lowest BCUT2D eigenvalue weighted by Gasteiger charge is -2.28. The van der Waals surface area contributed by atoms with E-state index >= 15 is 0 Å². The summed E-state index contributed by atoms with van der Waals surface area (Å²) in [5, 5.41) is 0. The number of nitrogens with two attached hydrogens (primary N) is 1. The Morgan fingerprint density at radius 2 is 2.00 bits per heavy atom. The van der Waals surface area contributed by atoms with Gasteiger partial charge in [0.05, 0.1) is 12.4 Å². The molecular formula is C12H26N2O3S. The third-order valence-corrected chi connectivity index (χ3v) is 5.24. The molecule has 0 aliphatic heterocycles. The van der Waals surface area contributed by atoms with Crippen molar-refractivity contribution in [2.45, 2.75) is 45.1 Å². The van der Waals surface area contributed by atoms with Crippen molar-refractivity contribution in [2.24, 2.45) is 5.73 Å². The monoisotopic (exact) mass is 278 g/mol. The van der Waals surface area contributed by atoms with Gasteiger partial charge in [0.15, 0.2) is 0 Å². The van der Waals surface area contributed by atoms with Gasteiger partial charge in [-0.05, 0) is 32.7 Å². The Bertz CT molecular complexity index is 313. The molecule has 0 heterocycles. The van der Waals surface area contributed by atoms with Crippen LogP contribution in [0.4, 0.5) is 0 Å². The molecule has 1 aliphatic rings. The molecule has 0 aromatic carbocycles. The van der Waals surface area contributed by atoms with E-state index in [0.29, 0.717) is 19.7 Å². The van der Waals surface area contributed by atoms with Crippen molar-refractivity contribution in [3.63, 3.8) is 0 Å². The second-order valence-corrected chi connectivity index (χ2v) is 6.75. The number of hydrogen-bond donors (Lipinski definition) is 1. The van der Waals surface area contributed by atoms with Gasteiger partial charge in [0.1, 0.15) is 0 Å². The second-order valence-electron chi connectivity index (χ2n) is 4.70. The molecule has 5 nitrogen and oxygen atoms in total. The second kappa shape index (κ2) is 8.09. The van der Waals surface area contributed by atoms with Crippen molar-refractivity contribution in [3.8, 4) is 0 Å². The lowest BCUT2D eigenvalue weighted by Crippen LogP contribution is -2.42.